The maximum Gasteiger partial charge on any atom is 0.178 e. The third-order valence-corrected chi connectivity index (χ3v) is 1.86. The van der Waals surface area contributed by atoms with E-state index in [2.05, 4.69) is 39.8 Å². The molecule has 5 heteroatoms. The fourth-order valence-corrected chi connectivity index (χ4v) is 1.08. The van der Waals surface area contributed by atoms with Gasteiger partial charge in [-0.1, -0.05) is 19.1 Å². The normalized spacial score (nSPS) is 13.2. The van der Waals surface area contributed by atoms with Gasteiger partial charge in [-0.2, -0.15) is 5.21 Å². The number of hydrogen-bond donors (Lipinski definition) is 2. The van der Waals surface area contributed by atoms with Crippen molar-refractivity contribution >= 4 is 0 Å². The Balaban J connectivity index is 2.45. The van der Waals surface area contributed by atoms with Crippen LogP contribution in [0, 0.1) is 0 Å². The minimum Gasteiger partial charge on any atom is -0.316 e. The van der Waals surface area contributed by atoms with Crippen molar-refractivity contribution < 1.29 is 0 Å². The van der Waals surface area contributed by atoms with E-state index >= 15 is 0 Å². The molecule has 5 nitrogen and oxygen atoms in total. The number of nitrogens with zero attached hydrogens (tertiary/aromatic N) is 3. The first-order valence-corrected chi connectivity index (χ1v) is 4.32. The highest BCUT2D eigenvalue weighted by Crippen LogP contribution is 2.11. The highest BCUT2D eigenvalue weighted by atomic mass is 15.5. The molecule has 0 amide bonds. The molecule has 1 unspecified atom stereocenters. The lowest BCUT2D eigenvalue weighted by Crippen LogP contribution is -2.21. The van der Waals surface area contributed by atoms with Gasteiger partial charge in [0.25, 0.3) is 0 Å². The van der Waals surface area contributed by atoms with Crippen LogP contribution >= 0.6 is 0 Å². The van der Waals surface area contributed by atoms with E-state index in [1.54, 1.807) is 0 Å². The van der Waals surface area contributed by atoms with Crippen molar-refractivity contribution in [2.24, 2.45) is 0 Å². The highest BCUT2D eigenvalue weighted by molar-refractivity contribution is 4.90. The molecule has 0 aliphatic heterocycles. The van der Waals surface area contributed by atoms with Gasteiger partial charge in [0, 0.05) is 12.5 Å². The summed E-state index contributed by atoms with van der Waals surface area (Å²) in [5, 5.41) is 17.2. The molecule has 0 radical (unpaired) electrons. The van der Waals surface area contributed by atoms with Crippen LogP contribution in [-0.4, -0.2) is 33.7 Å². The maximum absolute atomic E-state index is 3.95. The highest BCUT2D eigenvalue weighted by Gasteiger charge is 2.12. The smallest absolute Gasteiger partial charge is 0.178 e. The molecule has 12 heavy (non-hydrogen) atoms. The van der Waals surface area contributed by atoms with Crippen molar-refractivity contribution in [3.63, 3.8) is 0 Å². The Bertz CT molecular complexity index is 196. The molecule has 1 heterocycles. The average Bonchev–Trinajstić information content (AvgIpc) is 2.59. The van der Waals surface area contributed by atoms with E-state index in [-0.39, 0.29) is 0 Å². The van der Waals surface area contributed by atoms with Crippen molar-refractivity contribution in [2.75, 3.05) is 13.1 Å². The molecule has 1 aromatic heterocycles. The van der Waals surface area contributed by atoms with E-state index in [4.69, 9.17) is 0 Å². The summed E-state index contributed by atoms with van der Waals surface area (Å²) in [5.41, 5.74) is 0. The lowest BCUT2D eigenvalue weighted by atomic mass is 10.1. The zero-order chi connectivity index (χ0) is 8.81. The fourth-order valence-electron chi connectivity index (χ4n) is 1.08. The van der Waals surface area contributed by atoms with Crippen molar-refractivity contribution in [3.05, 3.63) is 5.82 Å². The van der Waals surface area contributed by atoms with Crippen LogP contribution in [0.15, 0.2) is 0 Å². The molecule has 0 aliphatic rings. The Morgan fingerprint density at radius 3 is 2.83 bits per heavy atom. The molecule has 1 atom stereocenters. The molecule has 0 aromatic carbocycles. The second kappa shape index (κ2) is 4.82. The van der Waals surface area contributed by atoms with Crippen LogP contribution in [0.3, 0.4) is 0 Å². The van der Waals surface area contributed by atoms with Crippen LogP contribution in [0.25, 0.3) is 0 Å². The molecule has 1 aromatic rings. The molecular formula is C7H15N5. The van der Waals surface area contributed by atoms with Crippen LogP contribution in [0.4, 0.5) is 0 Å². The number of likely N-dealkylation sites (N-methyl/N-ethyl adjacent to an activating group) is 1. The number of rotatable bonds is 5. The molecule has 0 spiro atoms. The Labute approximate surface area is 71.9 Å². The minimum absolute atomic E-state index is 0.378. The van der Waals surface area contributed by atoms with Gasteiger partial charge in [-0.25, -0.2) is 0 Å². The van der Waals surface area contributed by atoms with Crippen LogP contribution < -0.4 is 5.32 Å². The van der Waals surface area contributed by atoms with E-state index in [9.17, 15) is 0 Å². The van der Waals surface area contributed by atoms with Gasteiger partial charge in [0.2, 0.25) is 0 Å². The summed E-state index contributed by atoms with van der Waals surface area (Å²) >= 11 is 0. The molecular weight excluding hydrogens is 154 g/mol. The monoisotopic (exact) mass is 169 g/mol. The van der Waals surface area contributed by atoms with E-state index < -0.39 is 0 Å². The van der Waals surface area contributed by atoms with Crippen LogP contribution in [-0.2, 0) is 0 Å². The average molecular weight is 169 g/mol. The van der Waals surface area contributed by atoms with Gasteiger partial charge in [-0.15, -0.1) is 10.2 Å². The molecule has 0 saturated carbocycles. The standard InChI is InChI=1S/C7H15N5/c1-3-6(5-8-4-2)7-9-11-12-10-7/h6,8H,3-5H2,1-2H3,(H,9,10,11,12). The van der Waals surface area contributed by atoms with E-state index in [1.807, 2.05) is 0 Å². The zero-order valence-corrected chi connectivity index (χ0v) is 7.54. The number of H-pyrrole nitrogens is 1. The van der Waals surface area contributed by atoms with Gasteiger partial charge in [0.1, 0.15) is 0 Å². The predicted molar refractivity (Wildman–Crippen MR) is 45.8 cm³/mol. The summed E-state index contributed by atoms with van der Waals surface area (Å²) in [6.07, 6.45) is 1.03. The molecule has 68 valence electrons. The summed E-state index contributed by atoms with van der Waals surface area (Å²) < 4.78 is 0. The SMILES string of the molecule is CCNCC(CC)c1nn[nH]n1. The Morgan fingerprint density at radius 2 is 2.33 bits per heavy atom. The zero-order valence-electron chi connectivity index (χ0n) is 7.54. The van der Waals surface area contributed by atoms with E-state index in [0.29, 0.717) is 5.92 Å². The van der Waals surface area contributed by atoms with Crippen molar-refractivity contribution in [2.45, 2.75) is 26.2 Å². The minimum atomic E-state index is 0.378. The second-order valence-electron chi connectivity index (χ2n) is 2.68. The third-order valence-electron chi connectivity index (χ3n) is 1.86. The lowest BCUT2D eigenvalue weighted by Gasteiger charge is -2.09. The molecule has 0 bridgehead atoms. The van der Waals surface area contributed by atoms with Gasteiger partial charge in [0.15, 0.2) is 5.82 Å². The quantitative estimate of drug-likeness (QED) is 0.665. The van der Waals surface area contributed by atoms with Crippen LogP contribution in [0.1, 0.15) is 32.0 Å². The van der Waals surface area contributed by atoms with Crippen molar-refractivity contribution in [3.8, 4) is 0 Å². The lowest BCUT2D eigenvalue weighted by molar-refractivity contribution is 0.558. The van der Waals surface area contributed by atoms with Gasteiger partial charge < -0.3 is 5.32 Å². The summed E-state index contributed by atoms with van der Waals surface area (Å²) in [6, 6.07) is 0. The Kier molecular flexibility index (Phi) is 3.66. The number of aromatic nitrogens is 4. The molecule has 0 saturated heterocycles. The first kappa shape index (κ1) is 9.12. The Morgan fingerprint density at radius 1 is 1.50 bits per heavy atom. The topological polar surface area (TPSA) is 66.5 Å². The second-order valence-corrected chi connectivity index (χ2v) is 2.68. The van der Waals surface area contributed by atoms with Crippen molar-refractivity contribution in [1.29, 1.82) is 0 Å². The number of hydrogen-bond acceptors (Lipinski definition) is 4. The summed E-state index contributed by atoms with van der Waals surface area (Å²) in [4.78, 5) is 0. The van der Waals surface area contributed by atoms with Gasteiger partial charge in [-0.3, -0.25) is 0 Å². The summed E-state index contributed by atoms with van der Waals surface area (Å²) in [6.45, 7) is 6.11. The number of nitrogens with one attached hydrogen (secondary N) is 2. The van der Waals surface area contributed by atoms with Gasteiger partial charge >= 0.3 is 0 Å². The summed E-state index contributed by atoms with van der Waals surface area (Å²) in [5.74, 6) is 1.18. The Hall–Kier alpha value is -0.970. The van der Waals surface area contributed by atoms with Crippen molar-refractivity contribution in [1.82, 2.24) is 25.9 Å². The third kappa shape index (κ3) is 2.27. The van der Waals surface area contributed by atoms with E-state index in [0.717, 1.165) is 25.3 Å². The first-order valence-electron chi connectivity index (χ1n) is 4.32. The molecule has 0 fully saturated rings. The maximum atomic E-state index is 3.95. The van der Waals surface area contributed by atoms with Crippen LogP contribution in [0.2, 0.25) is 0 Å². The van der Waals surface area contributed by atoms with Gasteiger partial charge in [0.05, 0.1) is 0 Å². The molecule has 2 N–H and O–H groups in total. The molecule has 1 rings (SSSR count). The van der Waals surface area contributed by atoms with Crippen LogP contribution in [0.5, 0.6) is 0 Å². The summed E-state index contributed by atoms with van der Waals surface area (Å²) in [7, 11) is 0. The van der Waals surface area contributed by atoms with E-state index in [1.165, 1.54) is 0 Å². The molecule has 0 aliphatic carbocycles. The first-order chi connectivity index (χ1) is 5.88. The fraction of sp³-hybridized carbons (Fsp3) is 0.857. The number of tetrazole rings is 1. The largest absolute Gasteiger partial charge is 0.316 e. The van der Waals surface area contributed by atoms with Gasteiger partial charge in [-0.05, 0) is 13.0 Å². The number of aromatic amines is 1. The predicted octanol–water partition coefficient (Wildman–Crippen LogP) is 0.303.